The number of nitrogens with one attached hydrogen (secondary N) is 1. The van der Waals surface area contributed by atoms with Crippen molar-refractivity contribution in [2.75, 3.05) is 52.8 Å². The van der Waals surface area contributed by atoms with Crippen molar-refractivity contribution in [1.82, 2.24) is 9.80 Å². The number of urea groups is 1. The lowest BCUT2D eigenvalue weighted by molar-refractivity contribution is -0.209. The van der Waals surface area contributed by atoms with Crippen molar-refractivity contribution < 1.29 is 19.4 Å². The molecular formula is C20H31N3O4. The second-order valence-corrected chi connectivity index (χ2v) is 7.80. The van der Waals surface area contributed by atoms with Crippen LogP contribution < -0.4 is 10.1 Å². The molecule has 7 nitrogen and oxygen atoms in total. The second kappa shape index (κ2) is 8.46. The Bertz CT molecular complexity index is 644. The van der Waals surface area contributed by atoms with E-state index in [0.29, 0.717) is 37.6 Å². The van der Waals surface area contributed by atoms with Gasteiger partial charge in [-0.25, -0.2) is 4.79 Å². The van der Waals surface area contributed by atoms with Crippen molar-refractivity contribution in [3.05, 3.63) is 24.3 Å². The molecule has 1 heterocycles. The van der Waals surface area contributed by atoms with Crippen LogP contribution in [0.5, 0.6) is 5.75 Å². The molecule has 27 heavy (non-hydrogen) atoms. The van der Waals surface area contributed by atoms with Crippen LogP contribution in [0.2, 0.25) is 0 Å². The number of piperidine rings is 1. The Kier molecular flexibility index (Phi) is 6.24. The van der Waals surface area contributed by atoms with Gasteiger partial charge in [0.25, 0.3) is 0 Å². The Morgan fingerprint density at radius 2 is 2.11 bits per heavy atom. The maximum absolute atomic E-state index is 12.6. The molecule has 2 N–H and O–H groups in total. The number of hydrogen-bond donors (Lipinski definition) is 2. The predicted octanol–water partition coefficient (Wildman–Crippen LogP) is 2.02. The van der Waals surface area contributed by atoms with Gasteiger partial charge < -0.3 is 29.7 Å². The van der Waals surface area contributed by atoms with Gasteiger partial charge in [-0.1, -0.05) is 6.07 Å². The van der Waals surface area contributed by atoms with Crippen molar-refractivity contribution in [3.63, 3.8) is 0 Å². The topological polar surface area (TPSA) is 74.3 Å². The van der Waals surface area contributed by atoms with Crippen LogP contribution in [0.1, 0.15) is 19.3 Å². The molecule has 0 radical (unpaired) electrons. The van der Waals surface area contributed by atoms with E-state index < -0.39 is 0 Å². The van der Waals surface area contributed by atoms with E-state index in [2.05, 4.69) is 10.2 Å². The van der Waals surface area contributed by atoms with E-state index in [1.165, 1.54) is 0 Å². The van der Waals surface area contributed by atoms with Crippen LogP contribution in [0.3, 0.4) is 0 Å². The lowest BCUT2D eigenvalue weighted by atomic mass is 9.58. The van der Waals surface area contributed by atoms with Gasteiger partial charge in [0.1, 0.15) is 5.75 Å². The Balaban J connectivity index is 1.52. The molecule has 1 aromatic carbocycles. The molecule has 1 aliphatic carbocycles. The number of ether oxygens (including phenoxy) is 2. The number of amides is 2. The summed E-state index contributed by atoms with van der Waals surface area (Å²) >= 11 is 0. The summed E-state index contributed by atoms with van der Waals surface area (Å²) in [5.41, 5.74) is 0.521. The molecule has 3 rings (SSSR count). The van der Waals surface area contributed by atoms with Gasteiger partial charge in [-0.05, 0) is 39.1 Å². The summed E-state index contributed by atoms with van der Waals surface area (Å²) in [7, 11) is 5.65. The number of anilines is 1. The number of rotatable bonds is 6. The molecule has 1 saturated carbocycles. The van der Waals surface area contributed by atoms with Crippen LogP contribution in [0, 0.1) is 5.41 Å². The summed E-state index contributed by atoms with van der Waals surface area (Å²) < 4.78 is 11.2. The van der Waals surface area contributed by atoms with Crippen molar-refractivity contribution >= 4 is 11.7 Å². The van der Waals surface area contributed by atoms with E-state index in [9.17, 15) is 9.90 Å². The fourth-order valence-corrected chi connectivity index (χ4v) is 4.02. The predicted molar refractivity (Wildman–Crippen MR) is 104 cm³/mol. The van der Waals surface area contributed by atoms with E-state index in [1.807, 2.05) is 37.2 Å². The van der Waals surface area contributed by atoms with Gasteiger partial charge in [0.05, 0.1) is 25.9 Å². The zero-order valence-electron chi connectivity index (χ0n) is 16.5. The first-order chi connectivity index (χ1) is 12.9. The maximum atomic E-state index is 12.6. The summed E-state index contributed by atoms with van der Waals surface area (Å²) in [4.78, 5) is 16.5. The number of aliphatic hydroxyl groups is 1. The van der Waals surface area contributed by atoms with Gasteiger partial charge in [-0.15, -0.1) is 0 Å². The first-order valence-electron chi connectivity index (χ1n) is 9.59. The Labute approximate surface area is 161 Å². The second-order valence-electron chi connectivity index (χ2n) is 7.80. The summed E-state index contributed by atoms with van der Waals surface area (Å²) in [6, 6.07) is 7.22. The van der Waals surface area contributed by atoms with Crippen LogP contribution in [0.4, 0.5) is 10.5 Å². The largest absolute Gasteiger partial charge is 0.497 e. The maximum Gasteiger partial charge on any atom is 0.321 e. The number of carbonyl (C=O) groups is 1. The van der Waals surface area contributed by atoms with Gasteiger partial charge in [-0.3, -0.25) is 0 Å². The number of nitrogens with zero attached hydrogens (tertiary/aromatic N) is 2. The number of carbonyl (C=O) groups excluding carboxylic acids is 1. The lowest BCUT2D eigenvalue weighted by Gasteiger charge is -2.56. The van der Waals surface area contributed by atoms with Gasteiger partial charge in [0, 0.05) is 43.2 Å². The molecule has 0 unspecified atom stereocenters. The monoisotopic (exact) mass is 377 g/mol. The number of aliphatic hydroxyl groups excluding tert-OH is 1. The summed E-state index contributed by atoms with van der Waals surface area (Å²) in [5.74, 6) is 0.709. The molecule has 2 atom stereocenters. The highest BCUT2D eigenvalue weighted by molar-refractivity contribution is 5.89. The van der Waals surface area contributed by atoms with Crippen LogP contribution in [0.25, 0.3) is 0 Å². The number of likely N-dealkylation sites (tertiary alicyclic amines) is 1. The first kappa shape index (κ1) is 19.9. The van der Waals surface area contributed by atoms with Gasteiger partial charge in [-0.2, -0.15) is 0 Å². The fourth-order valence-electron chi connectivity index (χ4n) is 4.02. The number of hydrogen-bond acceptors (Lipinski definition) is 5. The van der Waals surface area contributed by atoms with Crippen LogP contribution in [0.15, 0.2) is 24.3 Å². The van der Waals surface area contributed by atoms with E-state index in [-0.39, 0.29) is 23.7 Å². The zero-order chi connectivity index (χ0) is 19.4. The van der Waals surface area contributed by atoms with E-state index >= 15 is 0 Å². The van der Waals surface area contributed by atoms with Gasteiger partial charge in [0.15, 0.2) is 0 Å². The van der Waals surface area contributed by atoms with Crippen LogP contribution in [-0.2, 0) is 4.74 Å². The number of methoxy groups -OCH3 is 1. The average Bonchev–Trinajstić information content (AvgIpc) is 2.67. The normalized spacial score (nSPS) is 24.0. The van der Waals surface area contributed by atoms with Crippen molar-refractivity contribution in [2.24, 2.45) is 5.41 Å². The number of benzene rings is 1. The smallest absolute Gasteiger partial charge is 0.321 e. The van der Waals surface area contributed by atoms with Crippen LogP contribution in [-0.4, -0.2) is 80.6 Å². The summed E-state index contributed by atoms with van der Waals surface area (Å²) in [5, 5.41) is 13.3. The molecule has 0 aromatic heterocycles. The molecule has 2 aliphatic rings. The van der Waals surface area contributed by atoms with E-state index in [4.69, 9.17) is 9.47 Å². The summed E-state index contributed by atoms with van der Waals surface area (Å²) in [6.45, 7) is 2.80. The quantitative estimate of drug-likeness (QED) is 0.793. The zero-order valence-corrected chi connectivity index (χ0v) is 16.5. The number of likely N-dealkylation sites (N-methyl/N-ethyl adjacent to an activating group) is 1. The van der Waals surface area contributed by atoms with Gasteiger partial charge in [0.2, 0.25) is 0 Å². The summed E-state index contributed by atoms with van der Waals surface area (Å²) in [6.07, 6.45) is 2.00. The molecule has 150 valence electrons. The average molecular weight is 377 g/mol. The van der Waals surface area contributed by atoms with Crippen molar-refractivity contribution in [3.8, 4) is 5.75 Å². The Morgan fingerprint density at radius 1 is 1.37 bits per heavy atom. The third kappa shape index (κ3) is 4.36. The third-order valence-corrected chi connectivity index (χ3v) is 5.90. The SMILES string of the molecule is COc1cccc(NC(=O)N2CCC3(CC2)[C@@H](O)C[C@H]3OCCN(C)C)c1. The highest BCUT2D eigenvalue weighted by atomic mass is 16.5. The molecular weight excluding hydrogens is 346 g/mol. The Morgan fingerprint density at radius 3 is 2.74 bits per heavy atom. The van der Waals surface area contributed by atoms with E-state index in [0.717, 1.165) is 19.4 Å². The first-order valence-corrected chi connectivity index (χ1v) is 9.59. The minimum Gasteiger partial charge on any atom is -0.497 e. The molecule has 7 heteroatoms. The lowest BCUT2D eigenvalue weighted by Crippen LogP contribution is -2.63. The molecule has 1 spiro atoms. The Hall–Kier alpha value is -1.83. The van der Waals surface area contributed by atoms with Crippen molar-refractivity contribution in [1.29, 1.82) is 0 Å². The van der Waals surface area contributed by atoms with Crippen molar-refractivity contribution in [2.45, 2.75) is 31.5 Å². The molecule has 2 fully saturated rings. The highest BCUT2D eigenvalue weighted by Crippen LogP contribution is 2.51. The third-order valence-electron chi connectivity index (χ3n) is 5.90. The van der Waals surface area contributed by atoms with Gasteiger partial charge >= 0.3 is 6.03 Å². The molecule has 1 saturated heterocycles. The highest BCUT2D eigenvalue weighted by Gasteiger charge is 2.56. The molecule has 2 amide bonds. The molecule has 0 bridgehead atoms. The molecule has 1 aliphatic heterocycles. The van der Waals surface area contributed by atoms with Crippen LogP contribution >= 0.6 is 0 Å². The minimum absolute atomic E-state index is 0.0936. The molecule has 1 aromatic rings. The standard InChI is InChI=1S/C20H31N3O4/c1-22(2)11-12-27-18-14-17(24)20(18)7-9-23(10-8-20)19(25)21-15-5-4-6-16(13-15)26-3/h4-6,13,17-18,24H,7-12,14H2,1-3H3,(H,21,25)/t17-,18+/m0/s1. The minimum atomic E-state index is -0.328. The van der Waals surface area contributed by atoms with E-state index in [1.54, 1.807) is 13.2 Å². The fraction of sp³-hybridized carbons (Fsp3) is 0.650.